The highest BCUT2D eigenvalue weighted by molar-refractivity contribution is 6.24. The van der Waals surface area contributed by atoms with Gasteiger partial charge in [0.25, 0.3) is 0 Å². The Labute approximate surface area is 331 Å². The lowest BCUT2D eigenvalue weighted by Crippen LogP contribution is -2.26. The first-order chi connectivity index (χ1) is 28.4. The van der Waals surface area contributed by atoms with Crippen LogP contribution in [0.3, 0.4) is 0 Å². The van der Waals surface area contributed by atoms with Crippen LogP contribution < -0.4 is 9.47 Å². The molecule has 9 aromatic rings. The summed E-state index contributed by atoms with van der Waals surface area (Å²) in [6, 6.07) is 50.9. The van der Waals surface area contributed by atoms with Crippen LogP contribution in [0.2, 0.25) is 0 Å². The second-order valence-corrected chi connectivity index (χ2v) is 15.0. The van der Waals surface area contributed by atoms with E-state index in [1.807, 2.05) is 78.9 Å². The Bertz CT molecular complexity index is 3180. The fraction of sp³-hybridized carbons (Fsp3) is 0.0196. The maximum Gasteiger partial charge on any atom is 0.208 e. The first-order valence-corrected chi connectivity index (χ1v) is 19.0. The molecule has 1 heterocycles. The van der Waals surface area contributed by atoms with Crippen LogP contribution in [0, 0.1) is 0 Å². The normalized spacial score (nSPS) is 13.6. The summed E-state index contributed by atoms with van der Waals surface area (Å²) in [5.41, 5.74) is 9.99. The summed E-state index contributed by atoms with van der Waals surface area (Å²) >= 11 is 0. The van der Waals surface area contributed by atoms with Gasteiger partial charge in [-0.15, -0.1) is 0 Å². The molecule has 3 aliphatic rings. The third kappa shape index (κ3) is 3.87. The number of phenols is 5. The number of hydrogen-bond acceptors (Lipinski definition) is 7. The number of phenolic OH excluding ortho intramolecular Hbond substituents is 5. The zero-order valence-electron chi connectivity index (χ0n) is 30.5. The lowest BCUT2D eigenvalue weighted by Gasteiger charge is -2.33. The molecule has 0 aromatic heterocycles. The summed E-state index contributed by atoms with van der Waals surface area (Å²) in [6.07, 6.45) is 0. The topological polar surface area (TPSA) is 120 Å². The molecule has 0 fully saturated rings. The van der Waals surface area contributed by atoms with E-state index >= 15 is 0 Å². The molecular weight excluding hydrogens is 725 g/mol. The number of para-hydroxylation sites is 2. The fourth-order valence-electron chi connectivity index (χ4n) is 10.1. The van der Waals surface area contributed by atoms with Gasteiger partial charge in [-0.05, 0) is 89.8 Å². The molecule has 0 saturated carbocycles. The second kappa shape index (κ2) is 11.3. The van der Waals surface area contributed by atoms with Crippen molar-refractivity contribution in [3.63, 3.8) is 0 Å². The van der Waals surface area contributed by atoms with Crippen molar-refractivity contribution >= 4 is 21.5 Å². The van der Waals surface area contributed by atoms with Crippen molar-refractivity contribution in [3.8, 4) is 96.3 Å². The number of benzene rings is 9. The Hall–Kier alpha value is -7.90. The third-order valence-electron chi connectivity index (χ3n) is 12.3. The van der Waals surface area contributed by atoms with E-state index < -0.39 is 34.2 Å². The molecule has 58 heavy (non-hydrogen) atoms. The van der Waals surface area contributed by atoms with E-state index in [4.69, 9.17) is 9.47 Å². The highest BCUT2D eigenvalue weighted by Gasteiger charge is 2.55. The Kier molecular flexibility index (Phi) is 6.32. The Morgan fingerprint density at radius 3 is 1.38 bits per heavy atom. The molecule has 1 aliphatic heterocycles. The molecule has 0 bridgehead atoms. The van der Waals surface area contributed by atoms with Crippen LogP contribution in [0.15, 0.2) is 152 Å². The van der Waals surface area contributed by atoms with Gasteiger partial charge in [0.1, 0.15) is 0 Å². The average Bonchev–Trinajstić information content (AvgIpc) is 3.74. The lowest BCUT2D eigenvalue weighted by atomic mass is 9.70. The molecule has 7 heteroatoms. The summed E-state index contributed by atoms with van der Waals surface area (Å²) < 4.78 is 13.5. The monoisotopic (exact) mass is 754 g/mol. The molecule has 0 unspecified atom stereocenters. The first kappa shape index (κ1) is 32.4. The minimum atomic E-state index is -1.01. The highest BCUT2D eigenvalue weighted by atomic mass is 16.6. The molecule has 276 valence electrons. The van der Waals surface area contributed by atoms with Gasteiger partial charge in [-0.25, -0.2) is 0 Å². The Morgan fingerprint density at radius 1 is 0.310 bits per heavy atom. The molecule has 12 rings (SSSR count). The number of rotatable bonds is 2. The quantitative estimate of drug-likeness (QED) is 0.0677. The molecule has 0 saturated heterocycles. The van der Waals surface area contributed by atoms with Crippen LogP contribution in [0.4, 0.5) is 0 Å². The van der Waals surface area contributed by atoms with Crippen LogP contribution in [-0.4, -0.2) is 25.5 Å². The Balaban J connectivity index is 1.24. The van der Waals surface area contributed by atoms with E-state index in [0.717, 1.165) is 66.4 Å². The molecule has 7 nitrogen and oxygen atoms in total. The van der Waals surface area contributed by atoms with E-state index in [0.29, 0.717) is 39.3 Å². The minimum absolute atomic E-state index is 0.197. The van der Waals surface area contributed by atoms with E-state index in [2.05, 4.69) is 72.8 Å². The smallest absolute Gasteiger partial charge is 0.208 e. The largest absolute Gasteiger partial charge is 0.504 e. The average molecular weight is 755 g/mol. The maximum atomic E-state index is 11.3. The summed E-state index contributed by atoms with van der Waals surface area (Å²) in [7, 11) is 0. The van der Waals surface area contributed by atoms with E-state index in [9.17, 15) is 25.5 Å². The van der Waals surface area contributed by atoms with Crippen molar-refractivity contribution in [2.45, 2.75) is 5.41 Å². The molecule has 1 spiro atoms. The van der Waals surface area contributed by atoms with Crippen molar-refractivity contribution in [3.05, 3.63) is 174 Å². The third-order valence-corrected chi connectivity index (χ3v) is 12.3. The van der Waals surface area contributed by atoms with Crippen LogP contribution in [0.1, 0.15) is 22.3 Å². The minimum Gasteiger partial charge on any atom is -0.504 e. The van der Waals surface area contributed by atoms with Crippen molar-refractivity contribution in [1.82, 2.24) is 0 Å². The molecule has 2 aliphatic carbocycles. The van der Waals surface area contributed by atoms with Gasteiger partial charge in [-0.3, -0.25) is 0 Å². The van der Waals surface area contributed by atoms with Crippen molar-refractivity contribution in [2.24, 2.45) is 0 Å². The van der Waals surface area contributed by atoms with Crippen molar-refractivity contribution in [2.75, 3.05) is 0 Å². The predicted octanol–water partition coefficient (Wildman–Crippen LogP) is 12.1. The molecule has 0 atom stereocenters. The molecule has 0 amide bonds. The van der Waals surface area contributed by atoms with Gasteiger partial charge in [-0.1, -0.05) is 133 Å². The molecule has 5 N–H and O–H groups in total. The van der Waals surface area contributed by atoms with Gasteiger partial charge in [-0.2, -0.15) is 0 Å². The second-order valence-electron chi connectivity index (χ2n) is 15.0. The highest BCUT2D eigenvalue weighted by Crippen LogP contribution is 2.69. The molecule has 9 aromatic carbocycles. The number of ether oxygens (including phenoxy) is 2. The van der Waals surface area contributed by atoms with Crippen molar-refractivity contribution in [1.29, 1.82) is 0 Å². The van der Waals surface area contributed by atoms with Gasteiger partial charge in [0.2, 0.25) is 17.2 Å². The molecular formula is C51H30O7. The number of fused-ring (bicyclic) bond motifs is 15. The maximum absolute atomic E-state index is 11.3. The first-order valence-electron chi connectivity index (χ1n) is 19.0. The van der Waals surface area contributed by atoms with Crippen LogP contribution in [0.5, 0.6) is 51.7 Å². The number of aromatic hydroxyl groups is 5. The zero-order valence-corrected chi connectivity index (χ0v) is 30.5. The zero-order chi connectivity index (χ0) is 39.0. The SMILES string of the molecule is Oc1c(O)c(O)c(-c2c3ccccc3c(-c3cccc4c3-c3ccc5c(c3C43c4ccccc4-c4ccccc43)Oc3ccccc3O5)c3ccccc23)c(O)c1O. The van der Waals surface area contributed by atoms with Crippen LogP contribution in [-0.2, 0) is 5.41 Å². The fourth-order valence-corrected chi connectivity index (χ4v) is 10.1. The van der Waals surface area contributed by atoms with Gasteiger partial charge in [0, 0.05) is 11.1 Å². The molecule has 0 radical (unpaired) electrons. The summed E-state index contributed by atoms with van der Waals surface area (Å²) in [4.78, 5) is 0. The summed E-state index contributed by atoms with van der Waals surface area (Å²) in [5.74, 6) is -1.79. The van der Waals surface area contributed by atoms with Gasteiger partial charge in [0.15, 0.2) is 34.5 Å². The standard InChI is InChI=1S/C51H30O7/c52-45-43(46(53)48(55)49(56)47(45)54)42-30-16-3-1-14-28(30)40(29-15-2-4-17-31(29)42)32-18-11-21-36-41(32)33-24-25-39-50(58-38-23-10-9-22-37(38)57-39)44(33)51(36)34-19-7-5-12-26(34)27-13-6-8-20-35(27)51/h1-25,52-56H. The Morgan fingerprint density at radius 2 is 0.776 bits per heavy atom. The van der Waals surface area contributed by atoms with Gasteiger partial charge < -0.3 is 35.0 Å². The predicted molar refractivity (Wildman–Crippen MR) is 224 cm³/mol. The number of hydrogen-bond donors (Lipinski definition) is 5. The van der Waals surface area contributed by atoms with E-state index in [1.54, 1.807) is 0 Å². The summed E-state index contributed by atoms with van der Waals surface area (Å²) in [6.45, 7) is 0. The van der Waals surface area contributed by atoms with Crippen molar-refractivity contribution < 1.29 is 35.0 Å². The van der Waals surface area contributed by atoms with Gasteiger partial charge in [0.05, 0.1) is 11.0 Å². The van der Waals surface area contributed by atoms with E-state index in [1.165, 1.54) is 0 Å². The van der Waals surface area contributed by atoms with Gasteiger partial charge >= 0.3 is 0 Å². The van der Waals surface area contributed by atoms with Crippen LogP contribution in [0.25, 0.3) is 66.1 Å². The summed E-state index contributed by atoms with van der Waals surface area (Å²) in [5, 5.41) is 57.3. The lowest BCUT2D eigenvalue weighted by molar-refractivity contribution is 0.330. The van der Waals surface area contributed by atoms with E-state index in [-0.39, 0.29) is 5.56 Å². The van der Waals surface area contributed by atoms with Crippen LogP contribution >= 0.6 is 0 Å².